The van der Waals surface area contributed by atoms with Crippen LogP contribution in [0.4, 0.5) is 5.69 Å². The van der Waals surface area contributed by atoms with E-state index < -0.39 is 7.12 Å². The molecule has 4 rings (SSSR count). The van der Waals surface area contributed by atoms with Crippen LogP contribution in [0.3, 0.4) is 0 Å². The number of nitrogens with zero attached hydrogens (tertiary/aromatic N) is 2. The molecule has 3 aromatic rings. The number of nitrogens with two attached hydrogens (primary N) is 1. The van der Waals surface area contributed by atoms with Gasteiger partial charge >= 0.3 is 7.12 Å². The molecule has 1 aliphatic heterocycles. The molecule has 2 aromatic carbocycles. The van der Waals surface area contributed by atoms with Gasteiger partial charge in [0.1, 0.15) is 5.75 Å². The highest BCUT2D eigenvalue weighted by Gasteiger charge is 2.18. The van der Waals surface area contributed by atoms with Gasteiger partial charge in [0.2, 0.25) is 0 Å². The number of rotatable bonds is 6. The first-order chi connectivity index (χ1) is 15.0. The number of nitrogen functional groups attached to an aromatic ring is 1. The van der Waals surface area contributed by atoms with Crippen LogP contribution >= 0.6 is 0 Å². The molecule has 1 fully saturated rings. The lowest BCUT2D eigenvalue weighted by Gasteiger charge is -2.15. The van der Waals surface area contributed by atoms with Gasteiger partial charge in [-0.2, -0.15) is 10.2 Å². The first kappa shape index (κ1) is 22.5. The molecular formula is C21H24BN3O6. The fraction of sp³-hybridized carbons (Fsp3) is 0.286. The molecule has 0 amide bonds. The highest BCUT2D eigenvalue weighted by molar-refractivity contribution is 6.58. The van der Waals surface area contributed by atoms with Crippen LogP contribution in [-0.4, -0.2) is 58.8 Å². The Hall–Kier alpha value is -3.21. The molecule has 31 heavy (non-hydrogen) atoms. The third kappa shape index (κ3) is 5.69. The van der Waals surface area contributed by atoms with Gasteiger partial charge in [0.15, 0.2) is 0 Å². The molecule has 0 radical (unpaired) electrons. The lowest BCUT2D eigenvalue weighted by Crippen LogP contribution is -2.29. The zero-order chi connectivity index (χ0) is 22.2. The Morgan fingerprint density at radius 3 is 2.77 bits per heavy atom. The van der Waals surface area contributed by atoms with Gasteiger partial charge in [-0.3, -0.25) is 4.79 Å². The summed E-state index contributed by atoms with van der Waals surface area (Å²) in [6, 6.07) is 10.8. The minimum Gasteiger partial charge on any atom is -0.493 e. The van der Waals surface area contributed by atoms with Crippen molar-refractivity contribution in [2.45, 2.75) is 12.8 Å². The van der Waals surface area contributed by atoms with Crippen LogP contribution in [0, 0.1) is 5.92 Å². The van der Waals surface area contributed by atoms with E-state index in [1.807, 2.05) is 18.2 Å². The van der Waals surface area contributed by atoms with Crippen molar-refractivity contribution in [2.75, 3.05) is 25.6 Å². The molecule has 0 saturated carbocycles. The van der Waals surface area contributed by atoms with E-state index in [1.165, 1.54) is 6.20 Å². The summed E-state index contributed by atoms with van der Waals surface area (Å²) < 4.78 is 11.5. The van der Waals surface area contributed by atoms with Crippen molar-refractivity contribution in [3.05, 3.63) is 42.6 Å². The molecule has 5 N–H and O–H groups in total. The van der Waals surface area contributed by atoms with Crippen LogP contribution in [0.2, 0.25) is 0 Å². The summed E-state index contributed by atoms with van der Waals surface area (Å²) in [6.07, 6.45) is 3.51. The maximum atomic E-state index is 9.58. The maximum absolute atomic E-state index is 9.58. The highest BCUT2D eigenvalue weighted by atomic mass is 16.5. The third-order valence-electron chi connectivity index (χ3n) is 5.09. The molecule has 9 nitrogen and oxygen atoms in total. The van der Waals surface area contributed by atoms with Crippen LogP contribution in [0.25, 0.3) is 22.0 Å². The predicted octanol–water partition coefficient (Wildman–Crippen LogP) is 1.06. The quantitative estimate of drug-likeness (QED) is 0.336. The normalized spacial score (nSPS) is 15.2. The van der Waals surface area contributed by atoms with Crippen LogP contribution in [0.1, 0.15) is 12.8 Å². The zero-order valence-corrected chi connectivity index (χ0v) is 16.8. The summed E-state index contributed by atoms with van der Waals surface area (Å²) in [5.41, 5.74) is 9.19. The Morgan fingerprint density at radius 1 is 1.26 bits per heavy atom. The minimum atomic E-state index is -1.56. The van der Waals surface area contributed by atoms with Crippen LogP contribution in [-0.2, 0) is 9.53 Å². The molecule has 10 heteroatoms. The average Bonchev–Trinajstić information content (AvgIpc) is 3.28. The summed E-state index contributed by atoms with van der Waals surface area (Å²) >= 11 is 0. The average molecular weight is 425 g/mol. The van der Waals surface area contributed by atoms with E-state index in [4.69, 9.17) is 25.1 Å². The Kier molecular flexibility index (Phi) is 7.77. The fourth-order valence-corrected chi connectivity index (χ4v) is 3.46. The van der Waals surface area contributed by atoms with Crippen molar-refractivity contribution in [3.63, 3.8) is 0 Å². The summed E-state index contributed by atoms with van der Waals surface area (Å²) in [4.78, 5) is 8.36. The van der Waals surface area contributed by atoms with Gasteiger partial charge in [0.25, 0.3) is 6.47 Å². The third-order valence-corrected chi connectivity index (χ3v) is 5.09. The summed E-state index contributed by atoms with van der Waals surface area (Å²) in [5, 5.41) is 34.9. The molecule has 1 unspecified atom stereocenters. The Labute approximate surface area is 179 Å². The molecule has 162 valence electrons. The van der Waals surface area contributed by atoms with Gasteiger partial charge < -0.3 is 30.4 Å². The first-order valence-electron chi connectivity index (χ1n) is 9.83. The summed E-state index contributed by atoms with van der Waals surface area (Å²) in [6.45, 7) is 1.93. The Balaban J connectivity index is 0.000000858. The number of aromatic nitrogens is 2. The zero-order valence-electron chi connectivity index (χ0n) is 16.8. The first-order valence-corrected chi connectivity index (χ1v) is 9.83. The monoisotopic (exact) mass is 425 g/mol. The second kappa shape index (κ2) is 10.7. The second-order valence-corrected chi connectivity index (χ2v) is 7.13. The van der Waals surface area contributed by atoms with Crippen molar-refractivity contribution in [1.82, 2.24) is 10.2 Å². The predicted molar refractivity (Wildman–Crippen MR) is 117 cm³/mol. The number of carboxylic acid groups (broad SMARTS) is 1. The van der Waals surface area contributed by atoms with Gasteiger partial charge in [-0.1, -0.05) is 18.2 Å². The largest absolute Gasteiger partial charge is 0.493 e. The number of anilines is 1. The summed E-state index contributed by atoms with van der Waals surface area (Å²) in [7, 11) is -1.56. The van der Waals surface area contributed by atoms with E-state index in [9.17, 15) is 10.0 Å². The van der Waals surface area contributed by atoms with Gasteiger partial charge in [-0.05, 0) is 48.0 Å². The van der Waals surface area contributed by atoms with Crippen molar-refractivity contribution >= 4 is 35.6 Å². The van der Waals surface area contributed by atoms with Gasteiger partial charge in [-0.25, -0.2) is 0 Å². The summed E-state index contributed by atoms with van der Waals surface area (Å²) in [5.74, 6) is 1.21. The van der Waals surface area contributed by atoms with Gasteiger partial charge in [-0.15, -0.1) is 0 Å². The van der Waals surface area contributed by atoms with Gasteiger partial charge in [0.05, 0.1) is 24.0 Å². The van der Waals surface area contributed by atoms with Crippen molar-refractivity contribution in [1.29, 1.82) is 0 Å². The molecule has 2 heterocycles. The Morgan fingerprint density at radius 2 is 2.06 bits per heavy atom. The number of carbonyl (C=O) groups is 1. The molecule has 1 aromatic heterocycles. The Bertz CT molecular complexity index is 1030. The molecular weight excluding hydrogens is 401 g/mol. The molecule has 0 bridgehead atoms. The van der Waals surface area contributed by atoms with Crippen LogP contribution in [0.5, 0.6) is 5.75 Å². The minimum absolute atomic E-state index is 0.250. The van der Waals surface area contributed by atoms with E-state index in [0.29, 0.717) is 34.9 Å². The maximum Gasteiger partial charge on any atom is 0.488 e. The van der Waals surface area contributed by atoms with E-state index in [0.717, 1.165) is 42.6 Å². The molecule has 1 aliphatic rings. The standard InChI is InChI=1S/C20H22BN3O4.CH2O2/c22-18-11-23-24-19-9-14(1-3-16(18)19)17-10-15(21(25)26)2-4-20(17)28-8-6-13-5-7-27-12-13;2-1-3/h1-4,9-11,13,25-26H,5-8,12H2,(H2,22,24);1H,(H,2,3). The molecule has 1 atom stereocenters. The molecule has 1 saturated heterocycles. The smallest absolute Gasteiger partial charge is 0.488 e. The van der Waals surface area contributed by atoms with Gasteiger partial charge in [0, 0.05) is 24.2 Å². The van der Waals surface area contributed by atoms with E-state index in [-0.39, 0.29) is 6.47 Å². The van der Waals surface area contributed by atoms with E-state index in [2.05, 4.69) is 10.2 Å². The second-order valence-electron chi connectivity index (χ2n) is 7.13. The SMILES string of the molecule is Nc1cnnc2cc(-c3cc(B(O)O)ccc3OCCC3CCOC3)ccc12.O=CO. The lowest BCUT2D eigenvalue weighted by atomic mass is 9.79. The number of hydrogen-bond acceptors (Lipinski definition) is 8. The lowest BCUT2D eigenvalue weighted by molar-refractivity contribution is -0.122. The number of ether oxygens (including phenoxy) is 2. The number of hydrogen-bond donors (Lipinski definition) is 4. The fourth-order valence-electron chi connectivity index (χ4n) is 3.46. The van der Waals surface area contributed by atoms with Crippen LogP contribution < -0.4 is 15.9 Å². The van der Waals surface area contributed by atoms with Crippen molar-refractivity contribution in [2.24, 2.45) is 5.92 Å². The van der Waals surface area contributed by atoms with Crippen molar-refractivity contribution < 1.29 is 29.4 Å². The van der Waals surface area contributed by atoms with E-state index in [1.54, 1.807) is 18.2 Å². The van der Waals surface area contributed by atoms with E-state index >= 15 is 0 Å². The number of benzene rings is 2. The van der Waals surface area contributed by atoms with Crippen LogP contribution in [0.15, 0.2) is 42.6 Å². The molecule has 0 aliphatic carbocycles. The van der Waals surface area contributed by atoms with Crippen molar-refractivity contribution in [3.8, 4) is 16.9 Å². The number of fused-ring (bicyclic) bond motifs is 1. The topological polar surface area (TPSA) is 148 Å². The highest BCUT2D eigenvalue weighted by Crippen LogP contribution is 2.32. The molecule has 0 spiro atoms.